The molecule has 0 saturated carbocycles. The maximum absolute atomic E-state index is 12.4. The number of nitrogens with zero attached hydrogens (tertiary/aromatic N) is 2. The van der Waals surface area contributed by atoms with E-state index in [1.165, 1.54) is 11.3 Å². The number of hydrogen-bond donors (Lipinski definition) is 1. The molecule has 26 heavy (non-hydrogen) atoms. The molecule has 1 aliphatic rings. The molecule has 0 bridgehead atoms. The van der Waals surface area contributed by atoms with E-state index < -0.39 is 0 Å². The van der Waals surface area contributed by atoms with Crippen LogP contribution in [0.2, 0.25) is 0 Å². The van der Waals surface area contributed by atoms with Crippen molar-refractivity contribution in [2.45, 2.75) is 12.8 Å². The van der Waals surface area contributed by atoms with E-state index in [0.29, 0.717) is 17.8 Å². The molecule has 1 saturated heterocycles. The highest BCUT2D eigenvalue weighted by atomic mass is 79.9. The van der Waals surface area contributed by atoms with Crippen molar-refractivity contribution in [1.82, 2.24) is 4.98 Å². The molecule has 1 fully saturated rings. The van der Waals surface area contributed by atoms with E-state index in [1.54, 1.807) is 21.6 Å². The Labute approximate surface area is 166 Å². The SMILES string of the molecule is O=C(Nc1ccc(N2CCCC2=O)cc1)c1csc(-c2cc(Br)cs2)n1. The van der Waals surface area contributed by atoms with Gasteiger partial charge in [0.05, 0.1) is 4.88 Å². The highest BCUT2D eigenvalue weighted by Gasteiger charge is 2.21. The summed E-state index contributed by atoms with van der Waals surface area (Å²) in [5.41, 5.74) is 1.94. The number of thiophene rings is 1. The lowest BCUT2D eigenvalue weighted by Crippen LogP contribution is -2.23. The molecule has 8 heteroatoms. The summed E-state index contributed by atoms with van der Waals surface area (Å²) >= 11 is 6.46. The van der Waals surface area contributed by atoms with E-state index in [2.05, 4.69) is 26.2 Å². The zero-order valence-corrected chi connectivity index (χ0v) is 16.8. The number of amides is 2. The average Bonchev–Trinajstić information content (AvgIpc) is 3.36. The number of hydrogen-bond acceptors (Lipinski definition) is 5. The molecule has 1 aliphatic heterocycles. The molecule has 0 atom stereocenters. The number of thiazole rings is 1. The first-order valence-corrected chi connectivity index (χ1v) is 10.6. The first kappa shape index (κ1) is 17.4. The average molecular weight is 448 g/mol. The van der Waals surface area contributed by atoms with E-state index in [1.807, 2.05) is 35.7 Å². The van der Waals surface area contributed by atoms with Crippen LogP contribution in [0.4, 0.5) is 11.4 Å². The van der Waals surface area contributed by atoms with E-state index in [0.717, 1.165) is 33.0 Å². The Kier molecular flexibility index (Phi) is 4.88. The Balaban J connectivity index is 1.45. The summed E-state index contributed by atoms with van der Waals surface area (Å²) in [6, 6.07) is 9.32. The number of benzene rings is 1. The lowest BCUT2D eigenvalue weighted by Gasteiger charge is -2.16. The number of aromatic nitrogens is 1. The summed E-state index contributed by atoms with van der Waals surface area (Å²) in [6.07, 6.45) is 1.50. The maximum Gasteiger partial charge on any atom is 0.275 e. The van der Waals surface area contributed by atoms with Gasteiger partial charge < -0.3 is 10.2 Å². The minimum absolute atomic E-state index is 0.150. The van der Waals surface area contributed by atoms with Crippen molar-refractivity contribution in [2.75, 3.05) is 16.8 Å². The smallest absolute Gasteiger partial charge is 0.275 e. The van der Waals surface area contributed by atoms with Gasteiger partial charge in [-0.15, -0.1) is 22.7 Å². The van der Waals surface area contributed by atoms with Crippen LogP contribution in [-0.2, 0) is 4.79 Å². The standard InChI is InChI=1S/C18H14BrN3O2S2/c19-11-8-15(25-9-11)18-21-14(10-26-18)17(24)20-12-3-5-13(6-4-12)22-7-1-2-16(22)23/h3-6,8-10H,1-2,7H2,(H,20,24). The Bertz CT molecular complexity index is 965. The highest BCUT2D eigenvalue weighted by Crippen LogP contribution is 2.32. The first-order valence-electron chi connectivity index (χ1n) is 8.02. The molecule has 0 spiro atoms. The van der Waals surface area contributed by atoms with E-state index in [4.69, 9.17) is 0 Å². The van der Waals surface area contributed by atoms with Crippen molar-refractivity contribution in [2.24, 2.45) is 0 Å². The van der Waals surface area contributed by atoms with Crippen LogP contribution in [0, 0.1) is 0 Å². The van der Waals surface area contributed by atoms with Crippen molar-refractivity contribution in [3.8, 4) is 9.88 Å². The Morgan fingerprint density at radius 3 is 2.65 bits per heavy atom. The zero-order chi connectivity index (χ0) is 18.1. The summed E-state index contributed by atoms with van der Waals surface area (Å²) in [5.74, 6) is -0.0925. The van der Waals surface area contributed by atoms with Gasteiger partial charge in [-0.2, -0.15) is 0 Å². The van der Waals surface area contributed by atoms with Crippen LogP contribution < -0.4 is 10.2 Å². The number of nitrogens with one attached hydrogen (secondary N) is 1. The molecule has 4 rings (SSSR count). The van der Waals surface area contributed by atoms with Gasteiger partial charge in [0, 0.05) is 39.6 Å². The van der Waals surface area contributed by atoms with Gasteiger partial charge in [-0.25, -0.2) is 4.98 Å². The van der Waals surface area contributed by atoms with Gasteiger partial charge >= 0.3 is 0 Å². The van der Waals surface area contributed by atoms with E-state index in [9.17, 15) is 9.59 Å². The largest absolute Gasteiger partial charge is 0.321 e. The molecule has 1 N–H and O–H groups in total. The Morgan fingerprint density at radius 1 is 1.19 bits per heavy atom. The van der Waals surface area contributed by atoms with Gasteiger partial charge in [0.2, 0.25) is 5.91 Å². The monoisotopic (exact) mass is 447 g/mol. The van der Waals surface area contributed by atoms with Gasteiger partial charge in [-0.3, -0.25) is 9.59 Å². The fourth-order valence-corrected chi connectivity index (χ4v) is 5.07. The second-order valence-electron chi connectivity index (χ2n) is 5.82. The predicted octanol–water partition coefficient (Wildman–Crippen LogP) is 5.01. The number of anilines is 2. The molecule has 2 amide bonds. The Hall–Kier alpha value is -2.03. The van der Waals surface area contributed by atoms with Crippen LogP contribution in [-0.4, -0.2) is 23.3 Å². The maximum atomic E-state index is 12.4. The van der Waals surface area contributed by atoms with Crippen molar-refractivity contribution >= 4 is 61.8 Å². The normalized spacial score (nSPS) is 14.0. The highest BCUT2D eigenvalue weighted by molar-refractivity contribution is 9.10. The topological polar surface area (TPSA) is 62.3 Å². The summed E-state index contributed by atoms with van der Waals surface area (Å²) in [4.78, 5) is 31.4. The quantitative estimate of drug-likeness (QED) is 0.610. The molecular formula is C18H14BrN3O2S2. The van der Waals surface area contributed by atoms with Crippen LogP contribution in [0.3, 0.4) is 0 Å². The van der Waals surface area contributed by atoms with Gasteiger partial charge in [0.1, 0.15) is 10.7 Å². The van der Waals surface area contributed by atoms with Crippen LogP contribution in [0.1, 0.15) is 23.3 Å². The minimum Gasteiger partial charge on any atom is -0.321 e. The summed E-state index contributed by atoms with van der Waals surface area (Å²) in [6.45, 7) is 0.755. The van der Waals surface area contributed by atoms with Crippen molar-refractivity contribution in [3.05, 3.63) is 51.3 Å². The molecule has 2 aromatic heterocycles. The van der Waals surface area contributed by atoms with Gasteiger partial charge in [0.25, 0.3) is 5.91 Å². The van der Waals surface area contributed by atoms with Crippen molar-refractivity contribution in [3.63, 3.8) is 0 Å². The number of carbonyl (C=O) groups is 2. The second kappa shape index (κ2) is 7.30. The number of halogens is 1. The lowest BCUT2D eigenvalue weighted by molar-refractivity contribution is -0.117. The molecule has 0 radical (unpaired) electrons. The van der Waals surface area contributed by atoms with Gasteiger partial charge in [-0.05, 0) is 52.7 Å². The van der Waals surface area contributed by atoms with Gasteiger partial charge in [-0.1, -0.05) is 0 Å². The fourth-order valence-electron chi connectivity index (χ4n) is 2.76. The summed E-state index contributed by atoms with van der Waals surface area (Å²) < 4.78 is 1.01. The van der Waals surface area contributed by atoms with E-state index in [-0.39, 0.29) is 11.8 Å². The zero-order valence-electron chi connectivity index (χ0n) is 13.6. The van der Waals surface area contributed by atoms with Crippen LogP contribution in [0.5, 0.6) is 0 Å². The van der Waals surface area contributed by atoms with Crippen LogP contribution in [0.15, 0.2) is 45.6 Å². The lowest BCUT2D eigenvalue weighted by atomic mass is 10.2. The van der Waals surface area contributed by atoms with Gasteiger partial charge in [0.15, 0.2) is 0 Å². The molecule has 0 aliphatic carbocycles. The first-order chi connectivity index (χ1) is 12.6. The summed E-state index contributed by atoms with van der Waals surface area (Å²) in [5, 5.41) is 7.43. The number of carbonyl (C=O) groups excluding carboxylic acids is 2. The third-order valence-electron chi connectivity index (χ3n) is 4.03. The second-order valence-corrected chi connectivity index (χ2v) is 8.50. The minimum atomic E-state index is -0.242. The third-order valence-corrected chi connectivity index (χ3v) is 6.73. The molecule has 0 unspecified atom stereocenters. The van der Waals surface area contributed by atoms with Crippen molar-refractivity contribution < 1.29 is 9.59 Å². The molecule has 3 aromatic rings. The third kappa shape index (κ3) is 3.58. The van der Waals surface area contributed by atoms with Crippen LogP contribution in [0.25, 0.3) is 9.88 Å². The summed E-state index contributed by atoms with van der Waals surface area (Å²) in [7, 11) is 0. The molecule has 1 aromatic carbocycles. The van der Waals surface area contributed by atoms with Crippen molar-refractivity contribution in [1.29, 1.82) is 0 Å². The molecule has 3 heterocycles. The predicted molar refractivity (Wildman–Crippen MR) is 109 cm³/mol. The molecular weight excluding hydrogens is 434 g/mol. The fraction of sp³-hybridized carbons (Fsp3) is 0.167. The Morgan fingerprint density at radius 2 is 2.00 bits per heavy atom. The molecule has 5 nitrogen and oxygen atoms in total. The van der Waals surface area contributed by atoms with E-state index >= 15 is 0 Å². The number of rotatable bonds is 4. The van der Waals surface area contributed by atoms with Crippen LogP contribution >= 0.6 is 38.6 Å². The molecule has 132 valence electrons.